The van der Waals surface area contributed by atoms with Crippen LogP contribution in [-0.4, -0.2) is 25.3 Å². The van der Waals surface area contributed by atoms with Crippen LogP contribution in [0, 0.1) is 11.7 Å². The molecule has 0 aliphatic heterocycles. The second kappa shape index (κ2) is 11.6. The average molecular weight is 382 g/mol. The zero-order valence-corrected chi connectivity index (χ0v) is 15.5. The van der Waals surface area contributed by atoms with Gasteiger partial charge < -0.3 is 9.47 Å². The molecule has 1 unspecified atom stereocenters. The maximum atomic E-state index is 13.8. The van der Waals surface area contributed by atoms with Crippen molar-refractivity contribution in [1.29, 1.82) is 0 Å². The number of ether oxygens (including phenoxy) is 2. The van der Waals surface area contributed by atoms with E-state index < -0.39 is 17.9 Å². The van der Waals surface area contributed by atoms with E-state index in [1.165, 1.54) is 37.1 Å². The Bertz CT molecular complexity index is 494. The summed E-state index contributed by atoms with van der Waals surface area (Å²) in [5.74, 6) is -0.0258. The molecule has 0 N–H and O–H groups in total. The van der Waals surface area contributed by atoms with E-state index in [1.54, 1.807) is 0 Å². The Hall–Kier alpha value is -0.950. The third-order valence-corrected chi connectivity index (χ3v) is 4.86. The molecule has 2 nitrogen and oxygen atoms in total. The van der Waals surface area contributed by atoms with E-state index in [-0.39, 0.29) is 0 Å². The number of unbranched alkanes of at least 4 members (excludes halogenated alkanes) is 1. The molecule has 0 aromatic heterocycles. The van der Waals surface area contributed by atoms with Gasteiger partial charge in [-0.1, -0.05) is 33.1 Å². The predicted octanol–water partition coefficient (Wildman–Crippen LogP) is 6.44. The van der Waals surface area contributed by atoms with Gasteiger partial charge in [0.1, 0.15) is 11.6 Å². The summed E-state index contributed by atoms with van der Waals surface area (Å²) in [4.78, 5) is 0.309. The van der Waals surface area contributed by atoms with Crippen molar-refractivity contribution in [3.05, 3.63) is 24.0 Å². The number of thioether (sulfide) groups is 1. The third kappa shape index (κ3) is 9.94. The van der Waals surface area contributed by atoms with Gasteiger partial charge in [-0.15, -0.1) is 24.9 Å². The van der Waals surface area contributed by atoms with Gasteiger partial charge in [-0.3, -0.25) is 0 Å². The largest absolute Gasteiger partial charge is 0.573 e. The fourth-order valence-electron chi connectivity index (χ4n) is 2.29. The summed E-state index contributed by atoms with van der Waals surface area (Å²) in [6.45, 7) is 5.69. The smallest absolute Gasteiger partial charge is 0.406 e. The van der Waals surface area contributed by atoms with Gasteiger partial charge in [0.25, 0.3) is 0 Å². The molecule has 1 aromatic rings. The van der Waals surface area contributed by atoms with E-state index in [1.807, 2.05) is 0 Å². The molecule has 1 atom stereocenters. The summed E-state index contributed by atoms with van der Waals surface area (Å²) in [6, 6.07) is 3.18. The highest BCUT2D eigenvalue weighted by molar-refractivity contribution is 7.99. The van der Waals surface area contributed by atoms with Crippen molar-refractivity contribution in [3.8, 4) is 5.75 Å². The maximum absolute atomic E-state index is 13.8. The molecule has 25 heavy (non-hydrogen) atoms. The summed E-state index contributed by atoms with van der Waals surface area (Å²) in [5, 5.41) is 0. The van der Waals surface area contributed by atoms with E-state index in [0.29, 0.717) is 23.2 Å². The van der Waals surface area contributed by atoms with Crippen molar-refractivity contribution >= 4 is 11.8 Å². The molecule has 144 valence electrons. The van der Waals surface area contributed by atoms with Crippen LogP contribution in [0.2, 0.25) is 0 Å². The van der Waals surface area contributed by atoms with Crippen LogP contribution in [0.15, 0.2) is 23.1 Å². The van der Waals surface area contributed by atoms with Gasteiger partial charge in [0, 0.05) is 29.9 Å². The first kappa shape index (κ1) is 22.1. The van der Waals surface area contributed by atoms with Crippen LogP contribution in [0.25, 0.3) is 0 Å². The number of rotatable bonds is 12. The zero-order valence-electron chi connectivity index (χ0n) is 14.7. The maximum Gasteiger partial charge on any atom is 0.573 e. The molecule has 0 aliphatic carbocycles. The van der Waals surface area contributed by atoms with Crippen LogP contribution >= 0.6 is 11.8 Å². The Labute approximate surface area is 151 Å². The van der Waals surface area contributed by atoms with E-state index in [0.717, 1.165) is 31.6 Å². The summed E-state index contributed by atoms with van der Waals surface area (Å²) in [7, 11) is 0. The van der Waals surface area contributed by atoms with Crippen LogP contribution < -0.4 is 4.74 Å². The van der Waals surface area contributed by atoms with E-state index in [4.69, 9.17) is 4.74 Å². The van der Waals surface area contributed by atoms with Gasteiger partial charge in [0.05, 0.1) is 0 Å². The summed E-state index contributed by atoms with van der Waals surface area (Å²) in [5.41, 5.74) is 0. The zero-order chi connectivity index (χ0) is 18.7. The second-order valence-corrected chi connectivity index (χ2v) is 6.97. The molecule has 1 rings (SSSR count). The van der Waals surface area contributed by atoms with Crippen LogP contribution in [-0.2, 0) is 4.74 Å². The van der Waals surface area contributed by atoms with E-state index in [9.17, 15) is 17.6 Å². The number of halogens is 4. The summed E-state index contributed by atoms with van der Waals surface area (Å²) < 4.78 is 59.4. The molecule has 0 amide bonds. The van der Waals surface area contributed by atoms with E-state index >= 15 is 0 Å². The van der Waals surface area contributed by atoms with Crippen molar-refractivity contribution in [3.63, 3.8) is 0 Å². The second-order valence-electron chi connectivity index (χ2n) is 5.83. The number of hydrogen-bond donors (Lipinski definition) is 0. The Morgan fingerprint density at radius 1 is 1.16 bits per heavy atom. The standard InChI is InChI=1S/C18H26F4O2S/c1-3-5-7-14(4-2)13-23-10-6-11-25-17-9-8-15(12-16(17)19)24-18(20,21)22/h8-9,12,14H,3-7,10-11,13H2,1-2H3. The molecule has 0 spiro atoms. The van der Waals surface area contributed by atoms with Crippen molar-refractivity contribution in [1.82, 2.24) is 0 Å². The van der Waals surface area contributed by atoms with Crippen molar-refractivity contribution in [2.75, 3.05) is 19.0 Å². The highest BCUT2D eigenvalue weighted by Gasteiger charge is 2.31. The lowest BCUT2D eigenvalue weighted by molar-refractivity contribution is -0.274. The monoisotopic (exact) mass is 382 g/mol. The van der Waals surface area contributed by atoms with Gasteiger partial charge in [-0.05, 0) is 30.9 Å². The normalized spacial score (nSPS) is 13.0. The molecule has 0 saturated carbocycles. The minimum absolute atomic E-state index is 0.309. The Kier molecular flexibility index (Phi) is 10.3. The van der Waals surface area contributed by atoms with Crippen LogP contribution in [0.1, 0.15) is 46.0 Å². The highest BCUT2D eigenvalue weighted by atomic mass is 32.2. The molecule has 7 heteroatoms. The fraction of sp³-hybridized carbons (Fsp3) is 0.667. The minimum Gasteiger partial charge on any atom is -0.406 e. The predicted molar refractivity (Wildman–Crippen MR) is 92.5 cm³/mol. The molecule has 0 heterocycles. The van der Waals surface area contributed by atoms with Gasteiger partial charge in [0.2, 0.25) is 0 Å². The molecule has 0 radical (unpaired) electrons. The fourth-order valence-corrected chi connectivity index (χ4v) is 3.13. The molecule has 1 aromatic carbocycles. The van der Waals surface area contributed by atoms with Crippen molar-refractivity contribution < 1.29 is 27.0 Å². The molecular weight excluding hydrogens is 356 g/mol. The van der Waals surface area contributed by atoms with Gasteiger partial charge in [-0.25, -0.2) is 4.39 Å². The number of benzene rings is 1. The van der Waals surface area contributed by atoms with Gasteiger partial charge in [-0.2, -0.15) is 0 Å². The topological polar surface area (TPSA) is 18.5 Å². The molecule has 0 aliphatic rings. The van der Waals surface area contributed by atoms with Crippen molar-refractivity contribution in [2.45, 2.75) is 57.2 Å². The van der Waals surface area contributed by atoms with E-state index in [2.05, 4.69) is 18.6 Å². The summed E-state index contributed by atoms with van der Waals surface area (Å²) in [6.07, 6.45) is 0.628. The Morgan fingerprint density at radius 2 is 1.92 bits per heavy atom. The van der Waals surface area contributed by atoms with Gasteiger partial charge >= 0.3 is 6.36 Å². The molecular formula is C18H26F4O2S. The third-order valence-electron chi connectivity index (χ3n) is 3.72. The lowest BCUT2D eigenvalue weighted by Crippen LogP contribution is -2.17. The number of hydrogen-bond acceptors (Lipinski definition) is 3. The van der Waals surface area contributed by atoms with Crippen LogP contribution in [0.3, 0.4) is 0 Å². The van der Waals surface area contributed by atoms with Gasteiger partial charge in [0.15, 0.2) is 0 Å². The SMILES string of the molecule is CCCCC(CC)COCCCSc1ccc(OC(F)(F)F)cc1F. The number of alkyl halides is 3. The lowest BCUT2D eigenvalue weighted by Gasteiger charge is -2.14. The average Bonchev–Trinajstić information content (AvgIpc) is 2.53. The summed E-state index contributed by atoms with van der Waals surface area (Å²) >= 11 is 1.26. The lowest BCUT2D eigenvalue weighted by atomic mass is 10.0. The molecule has 0 fully saturated rings. The first-order valence-corrected chi connectivity index (χ1v) is 9.60. The van der Waals surface area contributed by atoms with Crippen molar-refractivity contribution in [2.24, 2.45) is 5.92 Å². The van der Waals surface area contributed by atoms with Crippen LogP contribution in [0.5, 0.6) is 5.75 Å². The van der Waals surface area contributed by atoms with Crippen LogP contribution in [0.4, 0.5) is 17.6 Å². The quantitative estimate of drug-likeness (QED) is 0.235. The first-order chi connectivity index (χ1) is 11.9. The minimum atomic E-state index is -4.81. The highest BCUT2D eigenvalue weighted by Crippen LogP contribution is 2.29. The molecule has 0 saturated heterocycles. The molecule has 0 bridgehead atoms. The first-order valence-electron chi connectivity index (χ1n) is 8.61. The Balaban J connectivity index is 2.25. The Morgan fingerprint density at radius 3 is 2.52 bits per heavy atom.